The maximum Gasteiger partial charge on any atom is 0.332 e. The summed E-state index contributed by atoms with van der Waals surface area (Å²) in [5, 5.41) is 4.18. The van der Waals surface area contributed by atoms with Gasteiger partial charge in [0, 0.05) is 26.7 Å². The van der Waals surface area contributed by atoms with Crippen LogP contribution < -0.4 is 21.4 Å². The minimum atomic E-state index is -0.429. The number of anilines is 1. The number of nitrogens with one attached hydrogen (secondary N) is 1. The highest BCUT2D eigenvalue weighted by Gasteiger charge is 2.16. The normalized spacial score (nSPS) is 11.4. The van der Waals surface area contributed by atoms with Gasteiger partial charge in [-0.15, -0.1) is 0 Å². The molecule has 3 rings (SSSR count). The largest absolute Gasteiger partial charge is 0.493 e. The van der Waals surface area contributed by atoms with Crippen molar-refractivity contribution in [3.63, 3.8) is 0 Å². The first-order chi connectivity index (χ1) is 12.5. The van der Waals surface area contributed by atoms with E-state index >= 15 is 0 Å². The number of para-hydroxylation sites is 1. The smallest absolute Gasteiger partial charge is 0.332 e. The molecule has 2 heterocycles. The first kappa shape index (κ1) is 17.5. The highest BCUT2D eigenvalue weighted by molar-refractivity contribution is 5.84. The van der Waals surface area contributed by atoms with E-state index in [9.17, 15) is 9.59 Å². The second-order valence-corrected chi connectivity index (χ2v) is 5.71. The number of imidazole rings is 1. The lowest BCUT2D eigenvalue weighted by molar-refractivity contribution is 0.340. The Kier molecular flexibility index (Phi) is 4.61. The average molecular weight is 356 g/mol. The zero-order chi connectivity index (χ0) is 18.8. The highest BCUT2D eigenvalue weighted by atomic mass is 16.5. The number of hydrogen-bond acceptors (Lipinski definition) is 6. The van der Waals surface area contributed by atoms with E-state index in [-0.39, 0.29) is 0 Å². The Hall–Kier alpha value is -3.36. The number of aromatic nitrogens is 4. The molecular weight excluding hydrogens is 336 g/mol. The van der Waals surface area contributed by atoms with Gasteiger partial charge >= 0.3 is 5.69 Å². The van der Waals surface area contributed by atoms with Crippen molar-refractivity contribution in [3.05, 3.63) is 50.7 Å². The van der Waals surface area contributed by atoms with Crippen LogP contribution in [0.5, 0.6) is 5.75 Å². The molecule has 3 aromatic rings. The van der Waals surface area contributed by atoms with Crippen molar-refractivity contribution < 1.29 is 4.74 Å². The van der Waals surface area contributed by atoms with Crippen LogP contribution >= 0.6 is 0 Å². The van der Waals surface area contributed by atoms with Gasteiger partial charge in [0.2, 0.25) is 5.95 Å². The van der Waals surface area contributed by atoms with E-state index in [0.717, 1.165) is 15.9 Å². The zero-order valence-corrected chi connectivity index (χ0v) is 15.1. The Morgan fingerprint density at radius 1 is 1.15 bits per heavy atom. The number of aryl methyl sites for hydroxylation is 2. The van der Waals surface area contributed by atoms with Gasteiger partial charge in [-0.2, -0.15) is 10.1 Å². The van der Waals surface area contributed by atoms with E-state index in [1.807, 2.05) is 31.2 Å². The third-order valence-corrected chi connectivity index (χ3v) is 4.06. The van der Waals surface area contributed by atoms with Crippen LogP contribution in [-0.2, 0) is 21.1 Å². The molecule has 0 aliphatic carbocycles. The fraction of sp³-hybridized carbons (Fsp3) is 0.294. The lowest BCUT2D eigenvalue weighted by Crippen LogP contribution is -2.37. The Bertz CT molecular complexity index is 1110. The number of fused-ring (bicyclic) bond motifs is 1. The van der Waals surface area contributed by atoms with Crippen LogP contribution in [0.2, 0.25) is 0 Å². The first-order valence-corrected chi connectivity index (χ1v) is 8.09. The summed E-state index contributed by atoms with van der Waals surface area (Å²) in [4.78, 5) is 28.7. The molecule has 9 nitrogen and oxygen atoms in total. The van der Waals surface area contributed by atoms with E-state index in [0.29, 0.717) is 23.7 Å². The molecule has 1 N–H and O–H groups in total. The number of rotatable bonds is 5. The van der Waals surface area contributed by atoms with Gasteiger partial charge in [0.15, 0.2) is 11.2 Å². The van der Waals surface area contributed by atoms with E-state index < -0.39 is 11.2 Å². The predicted molar refractivity (Wildman–Crippen MR) is 100 cm³/mol. The molecule has 0 amide bonds. The van der Waals surface area contributed by atoms with E-state index in [1.54, 1.807) is 24.9 Å². The lowest BCUT2D eigenvalue weighted by atomic mass is 10.2. The van der Waals surface area contributed by atoms with Gasteiger partial charge in [0.05, 0.1) is 12.8 Å². The standard InChI is InChI=1S/C17H20N6O3/c1-5-26-12-9-7-6-8-11(12)10-18-20-16-19-14-13(21(16)2)15(24)23(4)17(25)22(14)3/h6-10H,5H2,1-4H3,(H,19,20). The molecule has 0 unspecified atom stereocenters. The molecule has 0 fully saturated rings. The van der Waals surface area contributed by atoms with Gasteiger partial charge in [0.1, 0.15) is 5.75 Å². The van der Waals surface area contributed by atoms with Crippen molar-refractivity contribution in [1.29, 1.82) is 0 Å². The van der Waals surface area contributed by atoms with Crippen LogP contribution in [0.15, 0.2) is 39.0 Å². The van der Waals surface area contributed by atoms with E-state index in [1.165, 1.54) is 11.6 Å². The van der Waals surface area contributed by atoms with Gasteiger partial charge in [0.25, 0.3) is 5.56 Å². The lowest BCUT2D eigenvalue weighted by Gasteiger charge is -2.06. The minimum absolute atomic E-state index is 0.299. The van der Waals surface area contributed by atoms with Crippen LogP contribution in [0.25, 0.3) is 11.2 Å². The Balaban J connectivity index is 1.97. The Labute approximate surface area is 149 Å². The molecule has 0 saturated heterocycles. The van der Waals surface area contributed by atoms with Crippen LogP contribution in [0, 0.1) is 0 Å². The minimum Gasteiger partial charge on any atom is -0.493 e. The maximum absolute atomic E-state index is 12.4. The summed E-state index contributed by atoms with van der Waals surface area (Å²) in [6, 6.07) is 7.51. The molecule has 136 valence electrons. The van der Waals surface area contributed by atoms with Crippen molar-refractivity contribution in [2.24, 2.45) is 26.2 Å². The average Bonchev–Trinajstić information content (AvgIpc) is 2.97. The SMILES string of the molecule is CCOc1ccccc1C=NNc1nc2c(c(=O)n(C)c(=O)n2C)n1C. The van der Waals surface area contributed by atoms with Crippen molar-refractivity contribution in [2.45, 2.75) is 6.92 Å². The number of nitrogens with zero attached hydrogens (tertiary/aromatic N) is 5. The van der Waals surface area contributed by atoms with Crippen LogP contribution in [-0.4, -0.2) is 31.5 Å². The fourth-order valence-corrected chi connectivity index (χ4v) is 2.65. The third-order valence-electron chi connectivity index (χ3n) is 4.06. The van der Waals surface area contributed by atoms with Crippen molar-refractivity contribution in [3.8, 4) is 5.75 Å². The van der Waals surface area contributed by atoms with Gasteiger partial charge in [-0.3, -0.25) is 13.9 Å². The van der Waals surface area contributed by atoms with Gasteiger partial charge in [-0.1, -0.05) is 12.1 Å². The highest BCUT2D eigenvalue weighted by Crippen LogP contribution is 2.16. The van der Waals surface area contributed by atoms with E-state index in [4.69, 9.17) is 4.74 Å². The molecule has 0 radical (unpaired) electrons. The van der Waals surface area contributed by atoms with Crippen LogP contribution in [0.4, 0.5) is 5.95 Å². The molecule has 0 aliphatic rings. The van der Waals surface area contributed by atoms with Crippen molar-refractivity contribution >= 4 is 23.3 Å². The summed E-state index contributed by atoms with van der Waals surface area (Å²) in [5.74, 6) is 1.07. The summed E-state index contributed by atoms with van der Waals surface area (Å²) in [6.45, 7) is 2.47. The molecule has 0 atom stereocenters. The number of benzene rings is 1. The second-order valence-electron chi connectivity index (χ2n) is 5.71. The van der Waals surface area contributed by atoms with Gasteiger partial charge < -0.3 is 9.30 Å². The predicted octanol–water partition coefficient (Wildman–Crippen LogP) is 0.815. The molecule has 0 aliphatic heterocycles. The second kappa shape index (κ2) is 6.87. The Morgan fingerprint density at radius 3 is 2.62 bits per heavy atom. The molecule has 1 aromatic carbocycles. The topological polar surface area (TPSA) is 95.4 Å². The zero-order valence-electron chi connectivity index (χ0n) is 15.1. The van der Waals surface area contributed by atoms with Gasteiger partial charge in [-0.25, -0.2) is 10.2 Å². The molecule has 26 heavy (non-hydrogen) atoms. The quantitative estimate of drug-likeness (QED) is 0.539. The van der Waals surface area contributed by atoms with Crippen molar-refractivity contribution in [2.75, 3.05) is 12.0 Å². The van der Waals surface area contributed by atoms with Crippen LogP contribution in [0.1, 0.15) is 12.5 Å². The van der Waals surface area contributed by atoms with Crippen LogP contribution in [0.3, 0.4) is 0 Å². The molecule has 0 spiro atoms. The molecular formula is C17H20N6O3. The third kappa shape index (κ3) is 2.87. The fourth-order valence-electron chi connectivity index (χ4n) is 2.65. The molecule has 9 heteroatoms. The summed E-state index contributed by atoms with van der Waals surface area (Å²) in [7, 11) is 4.70. The maximum atomic E-state index is 12.4. The Morgan fingerprint density at radius 2 is 1.88 bits per heavy atom. The molecule has 2 aromatic heterocycles. The van der Waals surface area contributed by atoms with E-state index in [2.05, 4.69) is 15.5 Å². The molecule has 0 saturated carbocycles. The number of hydrazone groups is 1. The summed E-state index contributed by atoms with van der Waals surface area (Å²) >= 11 is 0. The summed E-state index contributed by atoms with van der Waals surface area (Å²) in [6.07, 6.45) is 1.61. The number of hydrogen-bond donors (Lipinski definition) is 1. The summed E-state index contributed by atoms with van der Waals surface area (Å²) < 4.78 is 9.50. The number of ether oxygens (including phenoxy) is 1. The summed E-state index contributed by atoms with van der Waals surface area (Å²) in [5.41, 5.74) is 3.41. The van der Waals surface area contributed by atoms with Crippen molar-refractivity contribution in [1.82, 2.24) is 18.7 Å². The van der Waals surface area contributed by atoms with Gasteiger partial charge in [-0.05, 0) is 19.1 Å². The molecule has 0 bridgehead atoms. The first-order valence-electron chi connectivity index (χ1n) is 8.09. The monoisotopic (exact) mass is 356 g/mol.